The van der Waals surface area contributed by atoms with Crippen LogP contribution in [0.2, 0.25) is 0 Å². The molecule has 2 aliphatic rings. The van der Waals surface area contributed by atoms with Crippen molar-refractivity contribution in [1.82, 2.24) is 9.97 Å². The van der Waals surface area contributed by atoms with E-state index in [2.05, 4.69) is 10.2 Å². The average Bonchev–Trinajstić information content (AvgIpc) is 2.79. The molecule has 0 bridgehead atoms. The van der Waals surface area contributed by atoms with Crippen LogP contribution in [0.5, 0.6) is 0 Å². The maximum absolute atomic E-state index is 12.3. The highest BCUT2D eigenvalue weighted by Crippen LogP contribution is 2.31. The third-order valence-corrected chi connectivity index (χ3v) is 6.75. The van der Waals surface area contributed by atoms with E-state index < -0.39 is 6.03 Å². The van der Waals surface area contributed by atoms with Crippen LogP contribution < -0.4 is 20.9 Å². The second-order valence-electron chi connectivity index (χ2n) is 9.36. The minimum absolute atomic E-state index is 0.00421. The number of aromatic nitrogens is 2. The molecule has 0 spiro atoms. The molecule has 176 valence electrons. The van der Waals surface area contributed by atoms with Gasteiger partial charge in [-0.25, -0.2) is 9.78 Å². The Kier molecular flexibility index (Phi) is 6.81. The molecule has 4 rings (SSSR count). The Morgan fingerprint density at radius 1 is 1.06 bits per heavy atom. The number of rotatable bonds is 6. The molecule has 3 N–H and O–H groups in total. The van der Waals surface area contributed by atoms with Crippen molar-refractivity contribution in [2.75, 3.05) is 29.2 Å². The summed E-state index contributed by atoms with van der Waals surface area (Å²) in [4.78, 5) is 37.5. The Bertz CT molecular complexity index is 1030. The number of primary amides is 1. The molecule has 0 aliphatic heterocycles. The summed E-state index contributed by atoms with van der Waals surface area (Å²) in [5.41, 5.74) is 9.47. The number of hydrogen-bond donors (Lipinski definition) is 2. The van der Waals surface area contributed by atoms with Gasteiger partial charge in [-0.3, -0.25) is 9.69 Å². The molecule has 1 aromatic heterocycles. The van der Waals surface area contributed by atoms with E-state index in [1.807, 2.05) is 20.2 Å². The summed E-state index contributed by atoms with van der Waals surface area (Å²) in [6.45, 7) is 1.52. The maximum atomic E-state index is 12.3. The molecule has 1 saturated carbocycles. The number of nitrogens with one attached hydrogen (secondary N) is 1. The number of nitrogens with zero attached hydrogens (tertiary/aromatic N) is 4. The number of Topliss-reactive ketones (excluding diaryl/α,β-unsaturated/α-hetero) is 1. The number of amides is 2. The third kappa shape index (κ3) is 5.10. The first-order valence-electron chi connectivity index (χ1n) is 11.9. The van der Waals surface area contributed by atoms with Crippen LogP contribution in [0.15, 0.2) is 24.3 Å². The van der Waals surface area contributed by atoms with Gasteiger partial charge in [0.2, 0.25) is 5.95 Å². The molecule has 8 heteroatoms. The molecule has 1 fully saturated rings. The smallest absolute Gasteiger partial charge is 0.319 e. The van der Waals surface area contributed by atoms with Gasteiger partial charge < -0.3 is 16.0 Å². The van der Waals surface area contributed by atoms with Crippen molar-refractivity contribution in [3.8, 4) is 0 Å². The van der Waals surface area contributed by atoms with Crippen LogP contribution >= 0.6 is 0 Å². The zero-order valence-corrected chi connectivity index (χ0v) is 19.8. The third-order valence-electron chi connectivity index (χ3n) is 6.75. The van der Waals surface area contributed by atoms with Crippen LogP contribution in [0.1, 0.15) is 67.1 Å². The normalized spacial score (nSPS) is 20.0. The summed E-state index contributed by atoms with van der Waals surface area (Å²) < 4.78 is 0. The number of benzene rings is 1. The van der Waals surface area contributed by atoms with Gasteiger partial charge in [0.1, 0.15) is 5.82 Å². The van der Waals surface area contributed by atoms with Crippen LogP contribution in [0.25, 0.3) is 0 Å². The molecule has 0 unspecified atom stereocenters. The van der Waals surface area contributed by atoms with E-state index in [1.165, 1.54) is 31.0 Å². The van der Waals surface area contributed by atoms with Crippen LogP contribution in [-0.2, 0) is 12.8 Å². The van der Waals surface area contributed by atoms with Gasteiger partial charge in [0.25, 0.3) is 0 Å². The topological polar surface area (TPSA) is 104 Å². The highest BCUT2D eigenvalue weighted by molar-refractivity contribution is 5.97. The van der Waals surface area contributed by atoms with Crippen molar-refractivity contribution in [3.05, 3.63) is 41.1 Å². The molecule has 2 amide bonds. The van der Waals surface area contributed by atoms with Crippen molar-refractivity contribution in [2.24, 2.45) is 5.73 Å². The number of carbonyl (C=O) groups is 2. The Labute approximate surface area is 195 Å². The van der Waals surface area contributed by atoms with Gasteiger partial charge in [0.15, 0.2) is 5.78 Å². The zero-order chi connectivity index (χ0) is 23.5. The van der Waals surface area contributed by atoms with Crippen molar-refractivity contribution in [3.63, 3.8) is 0 Å². The van der Waals surface area contributed by atoms with E-state index in [0.29, 0.717) is 17.2 Å². The second kappa shape index (κ2) is 9.77. The summed E-state index contributed by atoms with van der Waals surface area (Å²) in [6, 6.07) is 6.91. The average molecular weight is 451 g/mol. The summed E-state index contributed by atoms with van der Waals surface area (Å²) >= 11 is 0. The van der Waals surface area contributed by atoms with Crippen molar-refractivity contribution in [1.29, 1.82) is 0 Å². The first-order chi connectivity index (χ1) is 15.8. The first-order valence-corrected chi connectivity index (χ1v) is 11.9. The van der Waals surface area contributed by atoms with E-state index in [9.17, 15) is 9.59 Å². The number of urea groups is 1. The minimum Gasteiger partial charge on any atom is -0.362 e. The maximum Gasteiger partial charge on any atom is 0.319 e. The fourth-order valence-corrected chi connectivity index (χ4v) is 5.06. The lowest BCUT2D eigenvalue weighted by molar-refractivity contribution is 0.101. The van der Waals surface area contributed by atoms with Crippen LogP contribution in [0.4, 0.5) is 22.2 Å². The summed E-state index contributed by atoms with van der Waals surface area (Å²) in [6.07, 6.45) is 7.83. The Hall–Kier alpha value is -3.16. The SMILES string of the molecule is CC(=O)c1cccc(N(C(N)=O)C2CCC(Nc3nc4c(c(N(C)C)n3)CCCC4)CC2)c1. The fourth-order valence-electron chi connectivity index (χ4n) is 5.06. The second-order valence-corrected chi connectivity index (χ2v) is 9.36. The molecular weight excluding hydrogens is 416 g/mol. The lowest BCUT2D eigenvalue weighted by atomic mass is 9.90. The fraction of sp³-hybridized carbons (Fsp3) is 0.520. The van der Waals surface area contributed by atoms with E-state index in [0.717, 1.165) is 44.3 Å². The minimum atomic E-state index is -0.485. The Morgan fingerprint density at radius 3 is 2.45 bits per heavy atom. The molecule has 8 nitrogen and oxygen atoms in total. The van der Waals surface area contributed by atoms with Crippen LogP contribution in [-0.4, -0.2) is 48.0 Å². The molecule has 0 radical (unpaired) electrons. The van der Waals surface area contributed by atoms with E-state index >= 15 is 0 Å². The monoisotopic (exact) mass is 450 g/mol. The van der Waals surface area contributed by atoms with E-state index in [4.69, 9.17) is 15.7 Å². The van der Waals surface area contributed by atoms with Gasteiger partial charge in [-0.2, -0.15) is 4.98 Å². The summed E-state index contributed by atoms with van der Waals surface area (Å²) in [7, 11) is 4.07. The molecule has 1 aromatic carbocycles. The number of ketones is 1. The highest BCUT2D eigenvalue weighted by Gasteiger charge is 2.30. The zero-order valence-electron chi connectivity index (χ0n) is 19.8. The number of nitrogens with two attached hydrogens (primary N) is 1. The summed E-state index contributed by atoms with van der Waals surface area (Å²) in [5, 5.41) is 3.55. The number of hydrogen-bond acceptors (Lipinski definition) is 6. The first kappa shape index (κ1) is 23.0. The molecule has 33 heavy (non-hydrogen) atoms. The van der Waals surface area contributed by atoms with Gasteiger partial charge in [-0.1, -0.05) is 12.1 Å². The van der Waals surface area contributed by atoms with Crippen LogP contribution in [0.3, 0.4) is 0 Å². The lowest BCUT2D eigenvalue weighted by Gasteiger charge is -2.36. The largest absolute Gasteiger partial charge is 0.362 e. The molecule has 2 aromatic rings. The van der Waals surface area contributed by atoms with Crippen molar-refractivity contribution < 1.29 is 9.59 Å². The van der Waals surface area contributed by atoms with Crippen LogP contribution in [0, 0.1) is 0 Å². The lowest BCUT2D eigenvalue weighted by Crippen LogP contribution is -2.47. The summed E-state index contributed by atoms with van der Waals surface area (Å²) in [5.74, 6) is 1.68. The molecular formula is C25H34N6O2. The standard InChI is InChI=1S/C25H34N6O2/c1-16(32)17-7-6-8-20(15-17)31(24(26)33)19-13-11-18(12-14-19)27-25-28-22-10-5-4-9-21(22)23(29-25)30(2)3/h6-8,15,18-19H,4-5,9-14H2,1-3H3,(H2,26,33)(H,27,28,29). The molecule has 0 atom stereocenters. The van der Waals surface area contributed by atoms with Gasteiger partial charge >= 0.3 is 6.03 Å². The van der Waals surface area contributed by atoms with Gasteiger partial charge in [0.05, 0.1) is 5.69 Å². The molecule has 0 saturated heterocycles. The van der Waals surface area contributed by atoms with E-state index in [-0.39, 0.29) is 17.9 Å². The van der Waals surface area contributed by atoms with Gasteiger partial charge in [0, 0.05) is 43.0 Å². The Balaban J connectivity index is 1.45. The number of carbonyl (C=O) groups excluding carboxylic acids is 2. The van der Waals surface area contributed by atoms with Gasteiger partial charge in [-0.15, -0.1) is 0 Å². The quantitative estimate of drug-likeness (QED) is 0.646. The molecule has 1 heterocycles. The molecule has 2 aliphatic carbocycles. The highest BCUT2D eigenvalue weighted by atomic mass is 16.2. The van der Waals surface area contributed by atoms with Crippen molar-refractivity contribution >= 4 is 29.3 Å². The van der Waals surface area contributed by atoms with E-state index in [1.54, 1.807) is 23.1 Å². The van der Waals surface area contributed by atoms with Gasteiger partial charge in [-0.05, 0) is 70.4 Å². The number of anilines is 3. The number of fused-ring (bicyclic) bond motifs is 1. The Morgan fingerprint density at radius 2 is 1.79 bits per heavy atom. The predicted octanol–water partition coefficient (Wildman–Crippen LogP) is 3.93. The number of aryl methyl sites for hydroxylation is 1. The van der Waals surface area contributed by atoms with Crippen molar-refractivity contribution in [2.45, 2.75) is 70.4 Å². The predicted molar refractivity (Wildman–Crippen MR) is 131 cm³/mol.